The van der Waals surface area contributed by atoms with Crippen LogP contribution in [0.3, 0.4) is 0 Å². The fraction of sp³-hybridized carbons (Fsp3) is 0.917. The summed E-state index contributed by atoms with van der Waals surface area (Å²) < 4.78 is 10.5. The van der Waals surface area contributed by atoms with Crippen molar-refractivity contribution in [3.05, 3.63) is 0 Å². The lowest BCUT2D eigenvalue weighted by Gasteiger charge is -2.26. The van der Waals surface area contributed by atoms with E-state index < -0.39 is 0 Å². The largest absolute Gasteiger partial charge is 0.355 e. The van der Waals surface area contributed by atoms with E-state index in [0.717, 1.165) is 45.5 Å². The fourth-order valence-corrected chi connectivity index (χ4v) is 2.27. The number of rotatable bonds is 4. The summed E-state index contributed by atoms with van der Waals surface area (Å²) in [5.74, 6) is 0.217. The molecule has 2 aliphatic heterocycles. The van der Waals surface area contributed by atoms with E-state index in [1.807, 2.05) is 11.8 Å². The highest BCUT2D eigenvalue weighted by atomic mass is 16.7. The minimum absolute atomic E-state index is 0.112. The van der Waals surface area contributed by atoms with Crippen LogP contribution in [0.25, 0.3) is 0 Å². The van der Waals surface area contributed by atoms with Crippen LogP contribution in [-0.2, 0) is 14.3 Å². The van der Waals surface area contributed by atoms with Crippen LogP contribution in [0, 0.1) is 0 Å². The van der Waals surface area contributed by atoms with Crippen molar-refractivity contribution in [2.24, 2.45) is 0 Å². The van der Waals surface area contributed by atoms with Crippen LogP contribution in [0.1, 0.15) is 26.2 Å². The molecular weight excluding hydrogens is 220 g/mol. The van der Waals surface area contributed by atoms with Gasteiger partial charge in [0.25, 0.3) is 0 Å². The first kappa shape index (κ1) is 12.8. The van der Waals surface area contributed by atoms with E-state index in [0.29, 0.717) is 6.79 Å². The van der Waals surface area contributed by atoms with Crippen molar-refractivity contribution in [3.8, 4) is 0 Å². The van der Waals surface area contributed by atoms with Gasteiger partial charge in [0.2, 0.25) is 5.91 Å². The summed E-state index contributed by atoms with van der Waals surface area (Å²) in [5, 5.41) is 3.26. The highest BCUT2D eigenvalue weighted by Crippen LogP contribution is 2.09. The zero-order valence-corrected chi connectivity index (χ0v) is 10.5. The maximum absolute atomic E-state index is 12.0. The minimum atomic E-state index is -0.112. The number of likely N-dealkylation sites (tertiary alicyclic amines) is 1. The average molecular weight is 242 g/mol. The van der Waals surface area contributed by atoms with Crippen molar-refractivity contribution in [1.82, 2.24) is 10.2 Å². The lowest BCUT2D eigenvalue weighted by atomic mass is 10.2. The third-order valence-electron chi connectivity index (χ3n) is 3.41. The Morgan fingerprint density at radius 3 is 2.88 bits per heavy atom. The van der Waals surface area contributed by atoms with Gasteiger partial charge in [-0.1, -0.05) is 0 Å². The van der Waals surface area contributed by atoms with Crippen LogP contribution in [0.2, 0.25) is 0 Å². The maximum atomic E-state index is 12.0. The summed E-state index contributed by atoms with van der Waals surface area (Å²) in [6.45, 7) is 5.61. The molecule has 5 heteroatoms. The molecule has 17 heavy (non-hydrogen) atoms. The van der Waals surface area contributed by atoms with Crippen LogP contribution in [-0.4, -0.2) is 56.0 Å². The summed E-state index contributed by atoms with van der Waals surface area (Å²) in [5.41, 5.74) is 0. The van der Waals surface area contributed by atoms with Gasteiger partial charge in [-0.3, -0.25) is 4.79 Å². The second-order valence-electron chi connectivity index (χ2n) is 4.77. The molecule has 0 aliphatic carbocycles. The molecule has 0 saturated carbocycles. The van der Waals surface area contributed by atoms with E-state index in [4.69, 9.17) is 9.47 Å². The first-order chi connectivity index (χ1) is 8.27. The molecule has 0 radical (unpaired) electrons. The molecule has 2 rings (SSSR count). The predicted octanol–water partition coefficient (Wildman–Crippen LogP) is 0.350. The van der Waals surface area contributed by atoms with E-state index in [9.17, 15) is 4.79 Å². The maximum Gasteiger partial charge on any atom is 0.239 e. The summed E-state index contributed by atoms with van der Waals surface area (Å²) in [6.07, 6.45) is 3.36. The van der Waals surface area contributed by atoms with E-state index in [1.165, 1.54) is 0 Å². The molecule has 0 aromatic carbocycles. The van der Waals surface area contributed by atoms with E-state index >= 15 is 0 Å². The number of amides is 1. The van der Waals surface area contributed by atoms with Gasteiger partial charge in [0, 0.05) is 19.6 Å². The van der Waals surface area contributed by atoms with Crippen molar-refractivity contribution in [2.75, 3.05) is 33.0 Å². The highest BCUT2D eigenvalue weighted by Gasteiger charge is 2.24. The molecule has 0 spiro atoms. The molecule has 0 aromatic heterocycles. The van der Waals surface area contributed by atoms with Gasteiger partial charge in [-0.05, 0) is 26.2 Å². The van der Waals surface area contributed by atoms with Crippen LogP contribution in [0.15, 0.2) is 0 Å². The summed E-state index contributed by atoms with van der Waals surface area (Å²) in [7, 11) is 0. The SMILES string of the molecule is CC(NCC1CCOCO1)C(=O)N1CCCC1. The Bertz CT molecular complexity index is 248. The minimum Gasteiger partial charge on any atom is -0.355 e. The van der Waals surface area contributed by atoms with Gasteiger partial charge < -0.3 is 19.7 Å². The van der Waals surface area contributed by atoms with Gasteiger partial charge in [-0.25, -0.2) is 0 Å². The van der Waals surface area contributed by atoms with Crippen molar-refractivity contribution in [2.45, 2.75) is 38.3 Å². The number of nitrogens with zero attached hydrogens (tertiary/aromatic N) is 1. The molecule has 2 aliphatic rings. The van der Waals surface area contributed by atoms with Crippen molar-refractivity contribution in [1.29, 1.82) is 0 Å². The van der Waals surface area contributed by atoms with Crippen LogP contribution in [0.4, 0.5) is 0 Å². The molecule has 0 bridgehead atoms. The smallest absolute Gasteiger partial charge is 0.239 e. The topological polar surface area (TPSA) is 50.8 Å². The molecule has 5 nitrogen and oxygen atoms in total. The summed E-state index contributed by atoms with van der Waals surface area (Å²) >= 11 is 0. The van der Waals surface area contributed by atoms with E-state index in [1.54, 1.807) is 0 Å². The Hall–Kier alpha value is -0.650. The lowest BCUT2D eigenvalue weighted by Crippen LogP contribution is -2.46. The molecule has 2 heterocycles. The van der Waals surface area contributed by atoms with Gasteiger partial charge in [-0.2, -0.15) is 0 Å². The molecule has 2 saturated heterocycles. The highest BCUT2D eigenvalue weighted by molar-refractivity contribution is 5.81. The zero-order valence-electron chi connectivity index (χ0n) is 10.5. The second kappa shape index (κ2) is 6.33. The molecule has 2 atom stereocenters. The Morgan fingerprint density at radius 2 is 2.24 bits per heavy atom. The quantitative estimate of drug-likeness (QED) is 0.773. The number of nitrogens with one attached hydrogen (secondary N) is 1. The summed E-state index contributed by atoms with van der Waals surface area (Å²) in [4.78, 5) is 14.0. The first-order valence-corrected chi connectivity index (χ1v) is 6.49. The molecule has 2 fully saturated rings. The molecule has 98 valence electrons. The fourth-order valence-electron chi connectivity index (χ4n) is 2.27. The third kappa shape index (κ3) is 3.66. The van der Waals surface area contributed by atoms with Crippen molar-refractivity contribution < 1.29 is 14.3 Å². The summed E-state index contributed by atoms with van der Waals surface area (Å²) in [6, 6.07) is -0.112. The van der Waals surface area contributed by atoms with Crippen LogP contribution < -0.4 is 5.32 Å². The second-order valence-corrected chi connectivity index (χ2v) is 4.77. The van der Waals surface area contributed by atoms with Crippen molar-refractivity contribution >= 4 is 5.91 Å². The van der Waals surface area contributed by atoms with Gasteiger partial charge in [0.05, 0.1) is 18.8 Å². The molecule has 1 amide bonds. The molecule has 2 unspecified atom stereocenters. The monoisotopic (exact) mass is 242 g/mol. The lowest BCUT2D eigenvalue weighted by molar-refractivity contribution is -0.140. The normalized spacial score (nSPS) is 27.1. The van der Waals surface area contributed by atoms with Crippen LogP contribution >= 0.6 is 0 Å². The number of hydrogen-bond donors (Lipinski definition) is 1. The van der Waals surface area contributed by atoms with E-state index in [2.05, 4.69) is 5.32 Å². The predicted molar refractivity (Wildman–Crippen MR) is 63.6 cm³/mol. The number of ether oxygens (including phenoxy) is 2. The molecule has 1 N–H and O–H groups in total. The average Bonchev–Trinajstić information content (AvgIpc) is 2.90. The van der Waals surface area contributed by atoms with Crippen molar-refractivity contribution in [3.63, 3.8) is 0 Å². The Labute approximate surface area is 102 Å². The Morgan fingerprint density at radius 1 is 1.47 bits per heavy atom. The molecule has 0 aromatic rings. The van der Waals surface area contributed by atoms with Gasteiger partial charge in [-0.15, -0.1) is 0 Å². The van der Waals surface area contributed by atoms with Gasteiger partial charge in [0.1, 0.15) is 6.79 Å². The van der Waals surface area contributed by atoms with E-state index in [-0.39, 0.29) is 18.1 Å². The van der Waals surface area contributed by atoms with Crippen LogP contribution in [0.5, 0.6) is 0 Å². The zero-order chi connectivity index (χ0) is 12.1. The van der Waals surface area contributed by atoms with Gasteiger partial charge in [0.15, 0.2) is 0 Å². The molecular formula is C12H22N2O3. The number of carbonyl (C=O) groups is 1. The third-order valence-corrected chi connectivity index (χ3v) is 3.41. The number of hydrogen-bond acceptors (Lipinski definition) is 4. The number of carbonyl (C=O) groups excluding carboxylic acids is 1. The first-order valence-electron chi connectivity index (χ1n) is 6.49. The van der Waals surface area contributed by atoms with Gasteiger partial charge >= 0.3 is 0 Å². The Balaban J connectivity index is 1.68. The Kier molecular flexibility index (Phi) is 4.76. The standard InChI is InChI=1S/C12H22N2O3/c1-10(12(15)14-5-2-3-6-14)13-8-11-4-7-16-9-17-11/h10-11,13H,2-9H2,1H3.